The first-order valence-electron chi connectivity index (χ1n) is 3.59. The minimum absolute atomic E-state index is 0.133. The number of nitrogens with two attached hydrogens (primary N) is 1. The zero-order valence-electron chi connectivity index (χ0n) is 7.03. The molecule has 0 radical (unpaired) electrons. The van der Waals surface area contributed by atoms with Gasteiger partial charge in [-0.2, -0.15) is 13.2 Å². The summed E-state index contributed by atoms with van der Waals surface area (Å²) in [7, 11) is 0. The Kier molecular flexibility index (Phi) is 3.30. The molecule has 1 rings (SSSR count). The first-order chi connectivity index (χ1) is 6.73. The Morgan fingerprint density at radius 2 is 1.93 bits per heavy atom. The number of carbonyl (C=O) groups excluding carboxylic acids is 1. The second kappa shape index (κ2) is 4.02. The highest BCUT2D eigenvalue weighted by Crippen LogP contribution is 2.37. The third-order valence-electron chi connectivity index (χ3n) is 1.64. The number of hydrogen-bond acceptors (Lipinski definition) is 2. The average molecular weight is 302 g/mol. The molecule has 0 saturated heterocycles. The van der Waals surface area contributed by atoms with E-state index in [2.05, 4.69) is 15.9 Å². The molecule has 0 aliphatic carbocycles. The maximum atomic E-state index is 12.5. The van der Waals surface area contributed by atoms with Crippen molar-refractivity contribution in [1.82, 2.24) is 0 Å². The molecule has 0 atom stereocenters. The monoisotopic (exact) mass is 301 g/mol. The summed E-state index contributed by atoms with van der Waals surface area (Å²) < 4.78 is 37.6. The zero-order valence-corrected chi connectivity index (χ0v) is 9.37. The number of rotatable bonds is 1. The highest BCUT2D eigenvalue weighted by atomic mass is 79.9. The van der Waals surface area contributed by atoms with Crippen molar-refractivity contribution < 1.29 is 18.0 Å². The van der Waals surface area contributed by atoms with Crippen LogP contribution in [0.5, 0.6) is 0 Å². The van der Waals surface area contributed by atoms with Crippen LogP contribution < -0.4 is 5.73 Å². The topological polar surface area (TPSA) is 43.1 Å². The second-order valence-corrected chi connectivity index (χ2v) is 3.95. The third kappa shape index (κ3) is 2.63. The molecule has 1 aromatic rings. The lowest BCUT2D eigenvalue weighted by molar-refractivity contribution is -0.137. The highest BCUT2D eigenvalue weighted by molar-refractivity contribution is 9.10. The largest absolute Gasteiger partial charge is 0.417 e. The lowest BCUT2D eigenvalue weighted by atomic mass is 10.1. The molecule has 0 saturated carbocycles. The van der Waals surface area contributed by atoms with Crippen LogP contribution >= 0.6 is 27.5 Å². The molecule has 2 nitrogen and oxygen atoms in total. The van der Waals surface area contributed by atoms with Crippen molar-refractivity contribution in [3.05, 3.63) is 27.7 Å². The molecule has 0 bridgehead atoms. The van der Waals surface area contributed by atoms with Gasteiger partial charge in [0.25, 0.3) is 5.24 Å². The molecule has 2 N–H and O–H groups in total. The third-order valence-corrected chi connectivity index (χ3v) is 2.28. The van der Waals surface area contributed by atoms with E-state index in [-0.39, 0.29) is 10.2 Å². The van der Waals surface area contributed by atoms with Crippen molar-refractivity contribution >= 4 is 38.5 Å². The van der Waals surface area contributed by atoms with Crippen molar-refractivity contribution in [1.29, 1.82) is 0 Å². The van der Waals surface area contributed by atoms with E-state index in [1.54, 1.807) is 0 Å². The van der Waals surface area contributed by atoms with Gasteiger partial charge in [0.1, 0.15) is 0 Å². The van der Waals surface area contributed by atoms with E-state index in [0.717, 1.165) is 6.07 Å². The molecule has 0 spiro atoms. The van der Waals surface area contributed by atoms with Crippen LogP contribution in [0.15, 0.2) is 16.6 Å². The van der Waals surface area contributed by atoms with Gasteiger partial charge in [-0.25, -0.2) is 0 Å². The van der Waals surface area contributed by atoms with Crippen LogP contribution in [0.1, 0.15) is 15.9 Å². The summed E-state index contributed by atoms with van der Waals surface area (Å²) in [6, 6.07) is 1.94. The number of halogens is 5. The molecule has 7 heteroatoms. The van der Waals surface area contributed by atoms with Crippen LogP contribution in [0.25, 0.3) is 0 Å². The Bertz CT molecular complexity index is 419. The standard InChI is InChI=1S/C8H4BrClF3NO/c9-3-1-4(8(11,12)13)6(7(10)15)5(14)2-3/h1-2H,14H2. The summed E-state index contributed by atoms with van der Waals surface area (Å²) in [5, 5.41) is -1.23. The van der Waals surface area contributed by atoms with E-state index in [4.69, 9.17) is 17.3 Å². The van der Waals surface area contributed by atoms with E-state index in [9.17, 15) is 18.0 Å². The maximum Gasteiger partial charge on any atom is 0.417 e. The van der Waals surface area contributed by atoms with E-state index < -0.39 is 22.5 Å². The van der Waals surface area contributed by atoms with Crippen LogP contribution in [0.3, 0.4) is 0 Å². The van der Waals surface area contributed by atoms with Crippen molar-refractivity contribution in [2.45, 2.75) is 6.18 Å². The predicted octanol–water partition coefficient (Wildman–Crippen LogP) is 3.43. The van der Waals surface area contributed by atoms with E-state index in [0.29, 0.717) is 0 Å². The molecule has 0 fully saturated rings. The number of benzene rings is 1. The fraction of sp³-hybridized carbons (Fsp3) is 0.125. The summed E-state index contributed by atoms with van der Waals surface area (Å²) in [6.07, 6.45) is -4.67. The highest BCUT2D eigenvalue weighted by Gasteiger charge is 2.36. The van der Waals surface area contributed by atoms with Crippen LogP contribution in [-0.4, -0.2) is 5.24 Å². The molecule has 0 amide bonds. The van der Waals surface area contributed by atoms with Gasteiger partial charge in [-0.1, -0.05) is 15.9 Å². The van der Waals surface area contributed by atoms with Gasteiger partial charge in [-0.05, 0) is 23.7 Å². The number of nitrogen functional groups attached to an aromatic ring is 1. The van der Waals surface area contributed by atoms with Crippen LogP contribution in [0.2, 0.25) is 0 Å². The Balaban J connectivity index is 3.54. The van der Waals surface area contributed by atoms with Crippen LogP contribution in [-0.2, 0) is 6.18 Å². The van der Waals surface area contributed by atoms with Gasteiger partial charge in [0.2, 0.25) is 0 Å². The first kappa shape index (κ1) is 12.3. The van der Waals surface area contributed by atoms with Gasteiger partial charge in [0.15, 0.2) is 0 Å². The summed E-state index contributed by atoms with van der Waals surface area (Å²) in [4.78, 5) is 10.8. The summed E-state index contributed by atoms with van der Waals surface area (Å²) in [6.45, 7) is 0. The van der Waals surface area contributed by atoms with Crippen LogP contribution in [0.4, 0.5) is 18.9 Å². The lowest BCUT2D eigenvalue weighted by Crippen LogP contribution is -2.13. The predicted molar refractivity (Wildman–Crippen MR) is 53.7 cm³/mol. The second-order valence-electron chi connectivity index (χ2n) is 2.69. The molecule has 82 valence electrons. The van der Waals surface area contributed by atoms with E-state index >= 15 is 0 Å². The van der Waals surface area contributed by atoms with Gasteiger partial charge in [0.05, 0.1) is 11.1 Å². The number of hydrogen-bond donors (Lipinski definition) is 1. The Labute approximate surface area is 96.3 Å². The van der Waals surface area contributed by atoms with Gasteiger partial charge < -0.3 is 5.73 Å². The van der Waals surface area contributed by atoms with E-state index in [1.165, 1.54) is 6.07 Å². The van der Waals surface area contributed by atoms with Crippen molar-refractivity contribution in [3.8, 4) is 0 Å². The first-order valence-corrected chi connectivity index (χ1v) is 4.76. The normalized spacial score (nSPS) is 11.5. The van der Waals surface area contributed by atoms with E-state index in [1.807, 2.05) is 0 Å². The Morgan fingerprint density at radius 1 is 1.40 bits per heavy atom. The molecular weight excluding hydrogens is 298 g/mol. The molecular formula is C8H4BrClF3NO. The minimum atomic E-state index is -4.67. The van der Waals surface area contributed by atoms with Gasteiger partial charge in [-0.3, -0.25) is 4.79 Å². The molecule has 0 aliphatic heterocycles. The molecule has 0 heterocycles. The zero-order chi connectivity index (χ0) is 11.8. The molecule has 0 aromatic heterocycles. The Hall–Kier alpha value is -0.750. The smallest absolute Gasteiger partial charge is 0.398 e. The number of anilines is 1. The molecule has 0 aliphatic rings. The lowest BCUT2D eigenvalue weighted by Gasteiger charge is -2.12. The van der Waals surface area contributed by atoms with Crippen LogP contribution in [0, 0.1) is 0 Å². The van der Waals surface area contributed by atoms with Crippen molar-refractivity contribution in [2.24, 2.45) is 0 Å². The summed E-state index contributed by atoms with van der Waals surface area (Å²) >= 11 is 7.89. The quantitative estimate of drug-likeness (QED) is 0.638. The van der Waals surface area contributed by atoms with Gasteiger partial charge in [-0.15, -0.1) is 0 Å². The number of alkyl halides is 3. The fourth-order valence-corrected chi connectivity index (χ4v) is 1.76. The van der Waals surface area contributed by atoms with Crippen molar-refractivity contribution in [2.75, 3.05) is 5.73 Å². The maximum absolute atomic E-state index is 12.5. The number of carbonyl (C=O) groups is 1. The summed E-state index contributed by atoms with van der Waals surface area (Å²) in [5.74, 6) is 0. The molecule has 0 unspecified atom stereocenters. The minimum Gasteiger partial charge on any atom is -0.398 e. The SMILES string of the molecule is Nc1cc(Br)cc(C(F)(F)F)c1C(=O)Cl. The Morgan fingerprint density at radius 3 is 2.33 bits per heavy atom. The fourth-order valence-electron chi connectivity index (χ4n) is 1.07. The van der Waals surface area contributed by atoms with Gasteiger partial charge >= 0.3 is 6.18 Å². The molecule has 1 aromatic carbocycles. The average Bonchev–Trinajstić information content (AvgIpc) is 1.99. The summed E-state index contributed by atoms with van der Waals surface area (Å²) in [5.41, 5.74) is 3.12. The van der Waals surface area contributed by atoms with Crippen molar-refractivity contribution in [3.63, 3.8) is 0 Å². The van der Waals surface area contributed by atoms with Gasteiger partial charge in [0, 0.05) is 10.2 Å². The molecule has 15 heavy (non-hydrogen) atoms.